The molecule has 1 saturated heterocycles. The summed E-state index contributed by atoms with van der Waals surface area (Å²) in [6, 6.07) is 5.00. The van der Waals surface area contributed by atoms with Gasteiger partial charge in [-0.1, -0.05) is 16.8 Å². The first-order valence-corrected chi connectivity index (χ1v) is 6.89. The molecule has 0 aliphatic carbocycles. The lowest BCUT2D eigenvalue weighted by Crippen LogP contribution is -2.48. The highest BCUT2D eigenvalue weighted by Gasteiger charge is 2.36. The number of halogens is 1. The van der Waals surface area contributed by atoms with Gasteiger partial charge in [-0.05, 0) is 25.1 Å². The van der Waals surface area contributed by atoms with Crippen molar-refractivity contribution in [1.29, 1.82) is 0 Å². The van der Waals surface area contributed by atoms with Crippen LogP contribution >= 0.6 is 11.6 Å². The SMILES string of the molecule is COc1ccc(Cl)cc1C(=O)N1CC(c2nc(C)no2)C1. The lowest BCUT2D eigenvalue weighted by atomic mass is 9.98. The van der Waals surface area contributed by atoms with Gasteiger partial charge in [0, 0.05) is 18.1 Å². The standard InChI is InChI=1S/C14H14ClN3O3/c1-8-16-13(21-17-8)9-6-18(7-9)14(19)11-5-10(15)3-4-12(11)20-2/h3-5,9H,6-7H2,1-2H3. The first kappa shape index (κ1) is 13.9. The third kappa shape index (κ3) is 2.58. The van der Waals surface area contributed by atoms with E-state index in [2.05, 4.69) is 10.1 Å². The van der Waals surface area contributed by atoms with E-state index in [1.165, 1.54) is 7.11 Å². The molecular weight excluding hydrogens is 294 g/mol. The van der Waals surface area contributed by atoms with E-state index in [1.807, 2.05) is 0 Å². The summed E-state index contributed by atoms with van der Waals surface area (Å²) in [5.41, 5.74) is 0.463. The molecule has 0 N–H and O–H groups in total. The Bertz CT molecular complexity index is 680. The molecule has 1 aliphatic rings. The van der Waals surface area contributed by atoms with Crippen molar-refractivity contribution in [3.05, 3.63) is 40.5 Å². The van der Waals surface area contributed by atoms with Crippen molar-refractivity contribution in [1.82, 2.24) is 15.0 Å². The molecule has 0 atom stereocenters. The predicted molar refractivity (Wildman–Crippen MR) is 75.7 cm³/mol. The third-order valence-electron chi connectivity index (χ3n) is 3.45. The van der Waals surface area contributed by atoms with Crippen LogP contribution in [0.25, 0.3) is 0 Å². The minimum atomic E-state index is -0.109. The molecule has 0 saturated carbocycles. The highest BCUT2D eigenvalue weighted by molar-refractivity contribution is 6.31. The molecule has 3 rings (SSSR count). The lowest BCUT2D eigenvalue weighted by molar-refractivity contribution is 0.0566. The van der Waals surface area contributed by atoms with Crippen molar-refractivity contribution < 1.29 is 14.1 Å². The number of benzene rings is 1. The van der Waals surface area contributed by atoms with Crippen molar-refractivity contribution in [3.63, 3.8) is 0 Å². The minimum Gasteiger partial charge on any atom is -0.496 e. The number of rotatable bonds is 3. The van der Waals surface area contributed by atoms with Crippen LogP contribution in [0.1, 0.15) is 28.0 Å². The van der Waals surface area contributed by atoms with Crippen LogP contribution in [0.3, 0.4) is 0 Å². The second-order valence-electron chi connectivity index (χ2n) is 4.93. The van der Waals surface area contributed by atoms with Gasteiger partial charge in [0.15, 0.2) is 5.82 Å². The average molecular weight is 308 g/mol. The zero-order valence-electron chi connectivity index (χ0n) is 11.7. The number of ether oxygens (including phenoxy) is 1. The van der Waals surface area contributed by atoms with E-state index < -0.39 is 0 Å². The van der Waals surface area contributed by atoms with Gasteiger partial charge >= 0.3 is 0 Å². The molecule has 6 nitrogen and oxygen atoms in total. The van der Waals surface area contributed by atoms with Gasteiger partial charge < -0.3 is 14.2 Å². The van der Waals surface area contributed by atoms with Gasteiger partial charge in [0.2, 0.25) is 5.89 Å². The average Bonchev–Trinajstić information content (AvgIpc) is 2.83. The van der Waals surface area contributed by atoms with Gasteiger partial charge in [-0.2, -0.15) is 4.98 Å². The van der Waals surface area contributed by atoms with E-state index in [9.17, 15) is 4.79 Å². The molecule has 1 aromatic carbocycles. The normalized spacial score (nSPS) is 14.9. The van der Waals surface area contributed by atoms with Gasteiger partial charge in [0.25, 0.3) is 5.91 Å². The Balaban J connectivity index is 1.72. The van der Waals surface area contributed by atoms with Crippen molar-refractivity contribution in [3.8, 4) is 5.75 Å². The van der Waals surface area contributed by atoms with Crippen molar-refractivity contribution >= 4 is 17.5 Å². The molecule has 7 heteroatoms. The van der Waals surface area contributed by atoms with E-state index in [1.54, 1.807) is 30.0 Å². The second kappa shape index (κ2) is 5.37. The maximum Gasteiger partial charge on any atom is 0.257 e. The fraction of sp³-hybridized carbons (Fsp3) is 0.357. The van der Waals surface area contributed by atoms with Crippen LogP contribution < -0.4 is 4.74 Å². The van der Waals surface area contributed by atoms with Gasteiger partial charge in [0.05, 0.1) is 18.6 Å². The van der Waals surface area contributed by atoms with Crippen molar-refractivity contribution in [2.75, 3.05) is 20.2 Å². The molecule has 0 radical (unpaired) electrons. The molecule has 0 unspecified atom stereocenters. The maximum atomic E-state index is 12.5. The van der Waals surface area contributed by atoms with E-state index in [0.717, 1.165) is 0 Å². The first-order chi connectivity index (χ1) is 10.1. The van der Waals surface area contributed by atoms with E-state index in [0.29, 0.717) is 41.1 Å². The summed E-state index contributed by atoms with van der Waals surface area (Å²) in [6.45, 7) is 2.87. The molecule has 110 valence electrons. The number of likely N-dealkylation sites (tertiary alicyclic amines) is 1. The Hall–Kier alpha value is -2.08. The van der Waals surface area contributed by atoms with Crippen LogP contribution in [0.4, 0.5) is 0 Å². The summed E-state index contributed by atoms with van der Waals surface area (Å²) in [5.74, 6) is 1.68. The molecule has 2 aromatic rings. The number of aryl methyl sites for hydroxylation is 1. The smallest absolute Gasteiger partial charge is 0.257 e. The van der Waals surface area contributed by atoms with Crippen LogP contribution in [-0.2, 0) is 0 Å². The molecule has 1 amide bonds. The first-order valence-electron chi connectivity index (χ1n) is 6.51. The monoisotopic (exact) mass is 307 g/mol. The summed E-state index contributed by atoms with van der Waals surface area (Å²) in [6.07, 6.45) is 0. The Kier molecular flexibility index (Phi) is 3.55. The van der Waals surface area contributed by atoms with Gasteiger partial charge in [-0.25, -0.2) is 0 Å². The van der Waals surface area contributed by atoms with Crippen LogP contribution in [0.2, 0.25) is 5.02 Å². The number of amides is 1. The molecule has 1 fully saturated rings. The van der Waals surface area contributed by atoms with Crippen LogP contribution in [0.5, 0.6) is 5.75 Å². The van der Waals surface area contributed by atoms with Crippen LogP contribution in [-0.4, -0.2) is 41.1 Å². The highest BCUT2D eigenvalue weighted by atomic mass is 35.5. The number of methoxy groups -OCH3 is 1. The van der Waals surface area contributed by atoms with E-state index >= 15 is 0 Å². The van der Waals surface area contributed by atoms with Crippen LogP contribution in [0.15, 0.2) is 22.7 Å². The summed E-state index contributed by atoms with van der Waals surface area (Å²) in [7, 11) is 1.53. The number of aromatic nitrogens is 2. The Morgan fingerprint density at radius 1 is 1.48 bits per heavy atom. The molecule has 1 aromatic heterocycles. The number of hydrogen-bond donors (Lipinski definition) is 0. The van der Waals surface area contributed by atoms with E-state index in [-0.39, 0.29) is 11.8 Å². The second-order valence-corrected chi connectivity index (χ2v) is 5.37. The van der Waals surface area contributed by atoms with Gasteiger partial charge in [-0.3, -0.25) is 4.79 Å². The predicted octanol–water partition coefficient (Wildman–Crippen LogP) is 2.28. The fourth-order valence-corrected chi connectivity index (χ4v) is 2.47. The summed E-state index contributed by atoms with van der Waals surface area (Å²) in [5, 5.41) is 4.26. The maximum absolute atomic E-state index is 12.5. The Morgan fingerprint density at radius 3 is 2.86 bits per heavy atom. The topological polar surface area (TPSA) is 68.5 Å². The van der Waals surface area contributed by atoms with E-state index in [4.69, 9.17) is 20.9 Å². The lowest BCUT2D eigenvalue weighted by Gasteiger charge is -2.37. The summed E-state index contributed by atoms with van der Waals surface area (Å²) < 4.78 is 10.3. The van der Waals surface area contributed by atoms with Crippen molar-refractivity contribution in [2.45, 2.75) is 12.8 Å². The Labute approximate surface area is 126 Å². The van der Waals surface area contributed by atoms with Gasteiger partial charge in [0.1, 0.15) is 5.75 Å². The molecule has 2 heterocycles. The number of nitrogens with zero attached hydrogens (tertiary/aromatic N) is 3. The zero-order chi connectivity index (χ0) is 15.0. The molecule has 0 spiro atoms. The Morgan fingerprint density at radius 2 is 2.24 bits per heavy atom. The largest absolute Gasteiger partial charge is 0.496 e. The number of carbonyl (C=O) groups excluding carboxylic acids is 1. The molecule has 1 aliphatic heterocycles. The molecule has 21 heavy (non-hydrogen) atoms. The number of carbonyl (C=O) groups is 1. The van der Waals surface area contributed by atoms with Gasteiger partial charge in [-0.15, -0.1) is 0 Å². The minimum absolute atomic E-state index is 0.0975. The molecular formula is C14H14ClN3O3. The van der Waals surface area contributed by atoms with Crippen molar-refractivity contribution in [2.24, 2.45) is 0 Å². The van der Waals surface area contributed by atoms with Crippen LogP contribution in [0, 0.1) is 6.92 Å². The zero-order valence-corrected chi connectivity index (χ0v) is 12.4. The fourth-order valence-electron chi connectivity index (χ4n) is 2.30. The quantitative estimate of drug-likeness (QED) is 0.870. The molecule has 0 bridgehead atoms. The highest BCUT2D eigenvalue weighted by Crippen LogP contribution is 2.30. The summed E-state index contributed by atoms with van der Waals surface area (Å²) >= 11 is 5.95. The summed E-state index contributed by atoms with van der Waals surface area (Å²) in [4.78, 5) is 18.4. The number of hydrogen-bond acceptors (Lipinski definition) is 5. The third-order valence-corrected chi connectivity index (χ3v) is 3.69.